The topological polar surface area (TPSA) is 99.1 Å². The molecule has 0 saturated carbocycles. The van der Waals surface area contributed by atoms with Crippen molar-refractivity contribution in [2.75, 3.05) is 25.7 Å². The summed E-state index contributed by atoms with van der Waals surface area (Å²) in [6, 6.07) is 5.67. The van der Waals surface area contributed by atoms with Gasteiger partial charge in [0.15, 0.2) is 6.10 Å². The molecule has 1 unspecified atom stereocenters. The van der Waals surface area contributed by atoms with Gasteiger partial charge in [-0.2, -0.15) is 22.0 Å². The highest BCUT2D eigenvalue weighted by atomic mass is 19.4. The van der Waals surface area contributed by atoms with Gasteiger partial charge in [0.05, 0.1) is 13.7 Å². The molecule has 0 spiro atoms. The van der Waals surface area contributed by atoms with Crippen molar-refractivity contribution >= 4 is 17.5 Å². The number of halogens is 7. The Hall–Kier alpha value is -4.60. The molecule has 1 aliphatic rings. The van der Waals surface area contributed by atoms with Crippen LogP contribution in [0.1, 0.15) is 27.4 Å². The minimum Gasteiger partial charge on any atom is -0.497 e. The summed E-state index contributed by atoms with van der Waals surface area (Å²) in [5.41, 5.74) is -1.99. The Morgan fingerprint density at radius 3 is 2.18 bits per heavy atom. The number of carbonyl (C=O) groups is 2. The van der Waals surface area contributed by atoms with Crippen LogP contribution in [0.25, 0.3) is 0 Å². The van der Waals surface area contributed by atoms with Crippen molar-refractivity contribution in [3.8, 4) is 11.5 Å². The molecule has 0 aliphatic carbocycles. The summed E-state index contributed by atoms with van der Waals surface area (Å²) < 4.78 is 110. The fraction of sp³-hybridized carbons (Fsp3) is 0.345. The molecule has 0 bridgehead atoms. The molecule has 4 rings (SSSR count). The summed E-state index contributed by atoms with van der Waals surface area (Å²) in [5, 5.41) is 2.39. The summed E-state index contributed by atoms with van der Waals surface area (Å²) >= 11 is 0. The van der Waals surface area contributed by atoms with Gasteiger partial charge in [0.1, 0.15) is 34.9 Å². The quantitative estimate of drug-likeness (QED) is 0.325. The second-order valence-corrected chi connectivity index (χ2v) is 9.98. The molecule has 1 saturated heterocycles. The summed E-state index contributed by atoms with van der Waals surface area (Å²) in [4.78, 5) is 41.3. The molecule has 1 aliphatic heterocycles. The van der Waals surface area contributed by atoms with Crippen LogP contribution in [0.5, 0.6) is 11.5 Å². The number of nitrogens with zero attached hydrogens (tertiary/aromatic N) is 2. The van der Waals surface area contributed by atoms with E-state index in [4.69, 9.17) is 4.74 Å². The monoisotopic (exact) mass is 645 g/mol. The van der Waals surface area contributed by atoms with Crippen LogP contribution in [-0.2, 0) is 16.1 Å². The molecule has 1 fully saturated rings. The van der Waals surface area contributed by atoms with Crippen LogP contribution < -0.4 is 25.2 Å². The van der Waals surface area contributed by atoms with E-state index in [2.05, 4.69) is 14.8 Å². The van der Waals surface area contributed by atoms with Gasteiger partial charge in [0.25, 0.3) is 11.5 Å². The standard InChI is InChI=1S/C29H26F7N3O6/c1-14-8-9-38(13-21(44-3)29(34,35)36)27(42)24(14)39-12-18(22-19(30)10-17(43-2)11-20(22)31)23(26(39)41)37-25(40)15-4-6-16(7-5-15)45-28(32)33/h4-11,18,21,23,28H,12-13H2,1-3H3,(H,37,40)/t18-,21?,23-/m0/s1. The van der Waals surface area contributed by atoms with Crippen molar-refractivity contribution in [1.29, 1.82) is 0 Å². The molecule has 0 radical (unpaired) electrons. The van der Waals surface area contributed by atoms with Gasteiger partial charge in [0.2, 0.25) is 5.91 Å². The average molecular weight is 646 g/mol. The molecule has 242 valence electrons. The van der Waals surface area contributed by atoms with Crippen LogP contribution in [0, 0.1) is 18.6 Å². The third-order valence-corrected chi connectivity index (χ3v) is 7.22. The van der Waals surface area contributed by atoms with Crippen LogP contribution >= 0.6 is 0 Å². The lowest BCUT2D eigenvalue weighted by Crippen LogP contribution is -2.45. The van der Waals surface area contributed by atoms with Gasteiger partial charge in [-0.25, -0.2) is 8.78 Å². The van der Waals surface area contributed by atoms with Crippen molar-refractivity contribution in [2.45, 2.75) is 44.3 Å². The zero-order valence-electron chi connectivity index (χ0n) is 23.8. The van der Waals surface area contributed by atoms with Crippen LogP contribution in [-0.4, -0.2) is 62.1 Å². The maximum absolute atomic E-state index is 15.3. The molecule has 3 atom stereocenters. The molecule has 9 nitrogen and oxygen atoms in total. The highest BCUT2D eigenvalue weighted by Crippen LogP contribution is 2.37. The predicted molar refractivity (Wildman–Crippen MR) is 145 cm³/mol. The van der Waals surface area contributed by atoms with E-state index in [-0.39, 0.29) is 28.3 Å². The Morgan fingerprint density at radius 2 is 1.64 bits per heavy atom. The van der Waals surface area contributed by atoms with E-state index in [1.165, 1.54) is 20.1 Å². The fourth-order valence-corrected chi connectivity index (χ4v) is 5.01. The number of benzene rings is 2. The molecule has 1 aromatic heterocycles. The van der Waals surface area contributed by atoms with E-state index in [1.807, 2.05) is 0 Å². The van der Waals surface area contributed by atoms with E-state index in [1.54, 1.807) is 0 Å². The highest BCUT2D eigenvalue weighted by Gasteiger charge is 2.47. The maximum Gasteiger partial charge on any atom is 0.416 e. The number of aromatic nitrogens is 1. The second kappa shape index (κ2) is 13.2. The number of anilines is 1. The molecular formula is C29H26F7N3O6. The number of aryl methyl sites for hydroxylation is 1. The summed E-state index contributed by atoms with van der Waals surface area (Å²) in [6.45, 7) is -3.23. The molecule has 2 amide bonds. The number of nitrogens with one attached hydrogen (secondary N) is 1. The lowest BCUT2D eigenvalue weighted by Gasteiger charge is -2.23. The summed E-state index contributed by atoms with van der Waals surface area (Å²) in [7, 11) is 1.99. The normalized spacial score (nSPS) is 17.5. The van der Waals surface area contributed by atoms with Gasteiger partial charge in [-0.15, -0.1) is 0 Å². The van der Waals surface area contributed by atoms with E-state index >= 15 is 8.78 Å². The van der Waals surface area contributed by atoms with Crippen molar-refractivity contribution in [1.82, 2.24) is 9.88 Å². The van der Waals surface area contributed by atoms with Gasteiger partial charge in [0, 0.05) is 49.0 Å². The minimum atomic E-state index is -4.82. The van der Waals surface area contributed by atoms with Crippen LogP contribution in [0.15, 0.2) is 53.5 Å². The van der Waals surface area contributed by atoms with Crippen LogP contribution in [0.3, 0.4) is 0 Å². The number of ether oxygens (including phenoxy) is 3. The van der Waals surface area contributed by atoms with Gasteiger partial charge in [-0.05, 0) is 42.8 Å². The minimum absolute atomic E-state index is 0.131. The molecule has 45 heavy (non-hydrogen) atoms. The third-order valence-electron chi connectivity index (χ3n) is 7.22. The zero-order valence-corrected chi connectivity index (χ0v) is 23.8. The van der Waals surface area contributed by atoms with Gasteiger partial charge in [-0.1, -0.05) is 0 Å². The zero-order chi connectivity index (χ0) is 33.2. The van der Waals surface area contributed by atoms with Gasteiger partial charge >= 0.3 is 12.8 Å². The number of hydrogen-bond acceptors (Lipinski definition) is 6. The Bertz CT molecular complexity index is 1610. The van der Waals surface area contributed by atoms with Crippen LogP contribution in [0.2, 0.25) is 0 Å². The molecular weight excluding hydrogens is 619 g/mol. The number of carbonyl (C=O) groups excluding carboxylic acids is 2. The maximum atomic E-state index is 15.3. The smallest absolute Gasteiger partial charge is 0.416 e. The van der Waals surface area contributed by atoms with Crippen LogP contribution in [0.4, 0.5) is 36.4 Å². The lowest BCUT2D eigenvalue weighted by atomic mass is 9.92. The number of rotatable bonds is 10. The summed E-state index contributed by atoms with van der Waals surface area (Å²) in [5.74, 6) is -6.07. The largest absolute Gasteiger partial charge is 0.497 e. The Balaban J connectivity index is 1.76. The first-order valence-corrected chi connectivity index (χ1v) is 13.2. The third kappa shape index (κ3) is 7.05. The first-order chi connectivity index (χ1) is 21.2. The Morgan fingerprint density at radius 1 is 1.02 bits per heavy atom. The number of pyridine rings is 1. The second-order valence-electron chi connectivity index (χ2n) is 9.98. The van der Waals surface area contributed by atoms with E-state index < -0.39 is 78.5 Å². The molecule has 2 aromatic carbocycles. The number of amides is 2. The Labute approximate surface area is 251 Å². The number of hydrogen-bond donors (Lipinski definition) is 1. The van der Waals surface area contributed by atoms with E-state index in [0.717, 1.165) is 54.6 Å². The van der Waals surface area contributed by atoms with E-state index in [0.29, 0.717) is 4.57 Å². The first-order valence-electron chi connectivity index (χ1n) is 13.2. The lowest BCUT2D eigenvalue weighted by molar-refractivity contribution is -0.216. The van der Waals surface area contributed by atoms with Crippen molar-refractivity contribution in [2.24, 2.45) is 0 Å². The average Bonchev–Trinajstić information content (AvgIpc) is 3.26. The highest BCUT2D eigenvalue weighted by molar-refractivity contribution is 6.05. The SMILES string of the molecule is COc1cc(F)c([C@@H]2CN(c3c(C)ccn(CC(OC)C(F)(F)F)c3=O)C(=O)[C@H]2NC(=O)c2ccc(OC(F)F)cc2)c(F)c1. The molecule has 2 heterocycles. The fourth-order valence-electron chi connectivity index (χ4n) is 5.01. The number of alkyl halides is 5. The van der Waals surface area contributed by atoms with Crippen molar-refractivity contribution in [3.05, 3.63) is 87.3 Å². The summed E-state index contributed by atoms with van der Waals surface area (Å²) in [6.07, 6.45) is -6.10. The molecule has 3 aromatic rings. The van der Waals surface area contributed by atoms with Crippen molar-refractivity contribution in [3.63, 3.8) is 0 Å². The predicted octanol–water partition coefficient (Wildman–Crippen LogP) is 4.55. The number of methoxy groups -OCH3 is 2. The van der Waals surface area contributed by atoms with Crippen molar-refractivity contribution < 1.29 is 54.5 Å². The van der Waals surface area contributed by atoms with Gasteiger partial charge in [-0.3, -0.25) is 14.4 Å². The Kier molecular flexibility index (Phi) is 9.75. The molecule has 1 N–H and O–H groups in total. The molecule has 16 heteroatoms. The van der Waals surface area contributed by atoms with Gasteiger partial charge < -0.3 is 29.0 Å². The first kappa shape index (κ1) is 33.3. The van der Waals surface area contributed by atoms with E-state index in [9.17, 15) is 36.3 Å².